The number of rotatable bonds is 9. The van der Waals surface area contributed by atoms with Gasteiger partial charge in [0.15, 0.2) is 0 Å². The largest absolute Gasteiger partial charge is 0.423 e. The highest BCUT2D eigenvalue weighted by Gasteiger charge is 2.11. The predicted octanol–water partition coefficient (Wildman–Crippen LogP) is 6.75. The Morgan fingerprint density at radius 2 is 1.55 bits per heavy atom. The quantitative estimate of drug-likeness (QED) is 0.0497. The zero-order valence-corrected chi connectivity index (χ0v) is 24.7. The van der Waals surface area contributed by atoms with E-state index < -0.39 is 16.8 Å². The van der Waals surface area contributed by atoms with Gasteiger partial charge in [0, 0.05) is 49.5 Å². The van der Waals surface area contributed by atoms with Gasteiger partial charge in [-0.15, -0.1) is 0 Å². The monoisotopic (exact) mass is 690 g/mol. The number of anilines is 1. The Morgan fingerprint density at radius 3 is 2.26 bits per heavy atom. The van der Waals surface area contributed by atoms with Crippen LogP contribution in [0.4, 0.5) is 11.4 Å². The van der Waals surface area contributed by atoms with Crippen molar-refractivity contribution in [3.63, 3.8) is 0 Å². The lowest BCUT2D eigenvalue weighted by Crippen LogP contribution is -2.18. The number of carbonyl (C=O) groups is 3. The Labute approximate surface area is 256 Å². The van der Waals surface area contributed by atoms with Crippen LogP contribution >= 0.6 is 31.9 Å². The molecule has 0 spiro atoms. The molecule has 0 aromatic heterocycles. The van der Waals surface area contributed by atoms with Gasteiger partial charge < -0.3 is 10.1 Å². The molecule has 0 atom stereocenters. The normalized spacial score (nSPS) is 10.9. The molecule has 0 bridgehead atoms. The highest BCUT2D eigenvalue weighted by atomic mass is 79.9. The molecule has 210 valence electrons. The molecule has 0 fully saturated rings. The number of nitrogens with zero attached hydrogens (tertiary/aromatic N) is 2. The van der Waals surface area contributed by atoms with E-state index in [2.05, 4.69) is 47.7 Å². The fourth-order valence-corrected chi connectivity index (χ4v) is 4.14. The summed E-state index contributed by atoms with van der Waals surface area (Å²) >= 11 is 6.69. The minimum absolute atomic E-state index is 0.0585. The maximum Gasteiger partial charge on any atom is 0.336 e. The van der Waals surface area contributed by atoms with Crippen LogP contribution in [-0.4, -0.2) is 28.9 Å². The van der Waals surface area contributed by atoms with Crippen LogP contribution in [0.1, 0.15) is 31.8 Å². The molecule has 42 heavy (non-hydrogen) atoms. The molecule has 12 heteroatoms. The van der Waals surface area contributed by atoms with E-state index in [0.717, 1.165) is 4.47 Å². The van der Waals surface area contributed by atoms with E-state index in [4.69, 9.17) is 4.74 Å². The third-order valence-electron chi connectivity index (χ3n) is 5.56. The van der Waals surface area contributed by atoms with Gasteiger partial charge >= 0.3 is 5.97 Å². The Balaban J connectivity index is 1.38. The van der Waals surface area contributed by atoms with Crippen molar-refractivity contribution in [3.05, 3.63) is 138 Å². The summed E-state index contributed by atoms with van der Waals surface area (Å²) in [4.78, 5) is 47.9. The Hall–Kier alpha value is -4.94. The van der Waals surface area contributed by atoms with Gasteiger partial charge in [-0.25, -0.2) is 10.2 Å². The van der Waals surface area contributed by atoms with Crippen molar-refractivity contribution in [1.29, 1.82) is 0 Å². The van der Waals surface area contributed by atoms with E-state index in [0.29, 0.717) is 26.9 Å². The number of hydrogen-bond acceptors (Lipinski definition) is 7. The number of nitrogens with one attached hydrogen (secondary N) is 2. The van der Waals surface area contributed by atoms with Crippen LogP contribution in [0.25, 0.3) is 6.08 Å². The van der Waals surface area contributed by atoms with Crippen molar-refractivity contribution >= 4 is 73.3 Å². The summed E-state index contributed by atoms with van der Waals surface area (Å²) in [5, 5.41) is 17.5. The van der Waals surface area contributed by atoms with Crippen molar-refractivity contribution < 1.29 is 24.0 Å². The Bertz CT molecular complexity index is 1700. The summed E-state index contributed by atoms with van der Waals surface area (Å²) in [7, 11) is 0. The fraction of sp³-hybridized carbons (Fsp3) is 0. The molecule has 4 aromatic rings. The molecular weight excluding hydrogens is 672 g/mol. The molecule has 0 aliphatic heterocycles. The van der Waals surface area contributed by atoms with Gasteiger partial charge in [-0.3, -0.25) is 19.7 Å². The molecule has 0 radical (unpaired) electrons. The SMILES string of the molecule is O=C(/C=C/c1ccc([N+](=O)[O-])cc1)Oc1ccc(Br)cc1C=NNC(=O)c1cccc(NC(=O)c2ccc(Br)cc2)c1. The summed E-state index contributed by atoms with van der Waals surface area (Å²) < 4.78 is 6.96. The number of hydrazone groups is 1. The van der Waals surface area contributed by atoms with E-state index in [1.807, 2.05) is 0 Å². The molecule has 0 unspecified atom stereocenters. The summed E-state index contributed by atoms with van der Waals surface area (Å²) in [6.07, 6.45) is 3.98. The van der Waals surface area contributed by atoms with Gasteiger partial charge in [-0.05, 0) is 84.4 Å². The second-order valence-electron chi connectivity index (χ2n) is 8.53. The van der Waals surface area contributed by atoms with E-state index in [1.54, 1.807) is 60.7 Å². The number of carbonyl (C=O) groups excluding carboxylic acids is 3. The standard InChI is InChI=1S/C30H20Br2N4O6/c31-23-9-7-20(8-10-23)29(38)34-25-3-1-2-21(17-25)30(39)35-33-18-22-16-24(32)11-14-27(22)42-28(37)15-6-19-4-12-26(13-5-19)36(40)41/h1-18H,(H,34,38)(H,35,39)/b15-6+,33-18?. The number of nitro groups is 1. The highest BCUT2D eigenvalue weighted by molar-refractivity contribution is 9.10. The van der Waals surface area contributed by atoms with Crippen molar-refractivity contribution in [1.82, 2.24) is 5.43 Å². The van der Waals surface area contributed by atoms with Gasteiger partial charge in [0.25, 0.3) is 17.5 Å². The molecule has 2 N–H and O–H groups in total. The van der Waals surface area contributed by atoms with Crippen LogP contribution in [0.2, 0.25) is 0 Å². The van der Waals surface area contributed by atoms with Gasteiger partial charge in [0.1, 0.15) is 5.75 Å². The zero-order chi connectivity index (χ0) is 30.1. The number of halogens is 2. The number of nitro benzene ring substituents is 1. The number of amides is 2. The maximum absolute atomic E-state index is 12.7. The molecule has 4 rings (SSSR count). The molecule has 4 aromatic carbocycles. The van der Waals surface area contributed by atoms with Crippen molar-refractivity contribution in [2.45, 2.75) is 0 Å². The lowest BCUT2D eigenvalue weighted by molar-refractivity contribution is -0.384. The van der Waals surface area contributed by atoms with Gasteiger partial charge in [0.05, 0.1) is 11.1 Å². The zero-order valence-electron chi connectivity index (χ0n) is 21.5. The maximum atomic E-state index is 12.7. The summed E-state index contributed by atoms with van der Waals surface area (Å²) in [6, 6.07) is 23.8. The third-order valence-corrected chi connectivity index (χ3v) is 6.58. The van der Waals surface area contributed by atoms with Crippen molar-refractivity contribution in [2.24, 2.45) is 5.10 Å². The lowest BCUT2D eigenvalue weighted by Gasteiger charge is -2.08. The number of non-ortho nitro benzene ring substituents is 1. The molecule has 0 aliphatic carbocycles. The van der Waals surface area contributed by atoms with Crippen LogP contribution in [0, 0.1) is 10.1 Å². The summed E-state index contributed by atoms with van der Waals surface area (Å²) in [6.45, 7) is 0. The predicted molar refractivity (Wildman–Crippen MR) is 166 cm³/mol. The third kappa shape index (κ3) is 8.53. The Kier molecular flexibility index (Phi) is 10.1. The average Bonchev–Trinajstić information content (AvgIpc) is 2.98. The van der Waals surface area contributed by atoms with Crippen LogP contribution in [0.5, 0.6) is 5.75 Å². The summed E-state index contributed by atoms with van der Waals surface area (Å²) in [5.41, 5.74) is 4.50. The van der Waals surface area contributed by atoms with E-state index in [9.17, 15) is 24.5 Å². The molecular formula is C30H20Br2N4O6. The van der Waals surface area contributed by atoms with E-state index >= 15 is 0 Å². The summed E-state index contributed by atoms with van der Waals surface area (Å²) in [5.74, 6) is -1.34. The highest BCUT2D eigenvalue weighted by Crippen LogP contribution is 2.22. The smallest absolute Gasteiger partial charge is 0.336 e. The van der Waals surface area contributed by atoms with E-state index in [-0.39, 0.29) is 22.9 Å². The fourth-order valence-electron chi connectivity index (χ4n) is 3.49. The van der Waals surface area contributed by atoms with Crippen LogP contribution in [-0.2, 0) is 4.79 Å². The van der Waals surface area contributed by atoms with Gasteiger partial charge in [-0.2, -0.15) is 5.10 Å². The van der Waals surface area contributed by atoms with Gasteiger partial charge in [0.2, 0.25) is 0 Å². The molecule has 0 heterocycles. The second-order valence-corrected chi connectivity index (χ2v) is 10.4. The second kappa shape index (κ2) is 14.1. The van der Waals surface area contributed by atoms with Crippen LogP contribution in [0.15, 0.2) is 111 Å². The first kappa shape index (κ1) is 30.0. The van der Waals surface area contributed by atoms with Gasteiger partial charge in [-0.1, -0.05) is 37.9 Å². The Morgan fingerprint density at radius 1 is 0.833 bits per heavy atom. The number of hydrogen-bond donors (Lipinski definition) is 2. The molecule has 0 aliphatic rings. The topological polar surface area (TPSA) is 140 Å². The van der Waals surface area contributed by atoms with E-state index in [1.165, 1.54) is 48.7 Å². The minimum atomic E-state index is -0.684. The first-order chi connectivity index (χ1) is 20.2. The number of esters is 1. The first-order valence-corrected chi connectivity index (χ1v) is 13.7. The lowest BCUT2D eigenvalue weighted by atomic mass is 10.1. The number of ether oxygens (including phenoxy) is 1. The van der Waals surface area contributed by atoms with Crippen LogP contribution < -0.4 is 15.5 Å². The molecule has 2 amide bonds. The van der Waals surface area contributed by atoms with Crippen molar-refractivity contribution in [3.8, 4) is 5.75 Å². The van der Waals surface area contributed by atoms with Crippen molar-refractivity contribution in [2.75, 3.05) is 5.32 Å². The van der Waals surface area contributed by atoms with Crippen LogP contribution in [0.3, 0.4) is 0 Å². The molecule has 0 saturated heterocycles. The molecule has 10 nitrogen and oxygen atoms in total. The minimum Gasteiger partial charge on any atom is -0.423 e. The first-order valence-electron chi connectivity index (χ1n) is 12.1. The molecule has 0 saturated carbocycles. The number of benzene rings is 4. The average molecular weight is 692 g/mol.